The van der Waals surface area contributed by atoms with Crippen LogP contribution in [0, 0.1) is 0 Å². The van der Waals surface area contributed by atoms with Crippen LogP contribution in [-0.4, -0.2) is 38.3 Å². The zero-order chi connectivity index (χ0) is 21.2. The van der Waals surface area contributed by atoms with E-state index in [1.54, 1.807) is 24.4 Å². The number of anilines is 1. The smallest absolute Gasteiger partial charge is 0.350 e. The molecule has 0 fully saturated rings. The standard InChI is InChI=1S/C21H17N5O4S/c27-18(23-14-6-7-16-17(12-14)30-11-10-29-16)13-26-21(28)25-9-8-22-20(19(25)24-26)31-15-4-2-1-3-5-15/h1-9,12H,10-11,13H2,(H,23,27). The lowest BCUT2D eigenvalue weighted by atomic mass is 10.2. The number of hydrogen-bond acceptors (Lipinski definition) is 7. The van der Waals surface area contributed by atoms with E-state index in [1.807, 2.05) is 30.3 Å². The quantitative estimate of drug-likeness (QED) is 0.514. The molecule has 31 heavy (non-hydrogen) atoms. The van der Waals surface area contributed by atoms with Gasteiger partial charge in [0.1, 0.15) is 24.8 Å². The average molecular weight is 435 g/mol. The van der Waals surface area contributed by atoms with E-state index in [0.717, 1.165) is 9.58 Å². The Balaban J connectivity index is 1.36. The Morgan fingerprint density at radius 1 is 1.10 bits per heavy atom. The molecule has 3 heterocycles. The van der Waals surface area contributed by atoms with E-state index in [-0.39, 0.29) is 12.5 Å². The maximum atomic E-state index is 12.7. The van der Waals surface area contributed by atoms with E-state index < -0.39 is 5.69 Å². The molecule has 0 bridgehead atoms. The first-order valence-corrected chi connectivity index (χ1v) is 10.4. The van der Waals surface area contributed by atoms with Crippen molar-refractivity contribution in [1.82, 2.24) is 19.2 Å². The summed E-state index contributed by atoms with van der Waals surface area (Å²) in [7, 11) is 0. The van der Waals surface area contributed by atoms with Crippen LogP contribution in [0.25, 0.3) is 5.65 Å². The fraction of sp³-hybridized carbons (Fsp3) is 0.143. The van der Waals surface area contributed by atoms with Gasteiger partial charge in [0.25, 0.3) is 0 Å². The van der Waals surface area contributed by atoms with Crippen molar-refractivity contribution in [3.63, 3.8) is 0 Å². The summed E-state index contributed by atoms with van der Waals surface area (Å²) in [5, 5.41) is 7.68. The number of carbonyl (C=O) groups is 1. The molecule has 5 rings (SSSR count). The number of carbonyl (C=O) groups excluding carboxylic acids is 1. The molecule has 0 atom stereocenters. The zero-order valence-corrected chi connectivity index (χ0v) is 17.0. The van der Waals surface area contributed by atoms with Gasteiger partial charge < -0.3 is 14.8 Å². The Bertz CT molecular complexity index is 1320. The van der Waals surface area contributed by atoms with Gasteiger partial charge in [0.05, 0.1) is 0 Å². The highest BCUT2D eigenvalue weighted by atomic mass is 32.2. The summed E-state index contributed by atoms with van der Waals surface area (Å²) < 4.78 is 13.5. The molecule has 4 aromatic rings. The second-order valence-corrected chi connectivity index (χ2v) is 7.75. The first-order valence-electron chi connectivity index (χ1n) is 9.54. The van der Waals surface area contributed by atoms with Crippen molar-refractivity contribution in [3.05, 3.63) is 71.4 Å². The van der Waals surface area contributed by atoms with Crippen LogP contribution in [-0.2, 0) is 11.3 Å². The third-order valence-corrected chi connectivity index (χ3v) is 5.54. The minimum Gasteiger partial charge on any atom is -0.486 e. The van der Waals surface area contributed by atoms with Gasteiger partial charge in [-0.25, -0.2) is 18.9 Å². The molecule has 9 nitrogen and oxygen atoms in total. The first kappa shape index (κ1) is 19.2. The van der Waals surface area contributed by atoms with Crippen molar-refractivity contribution in [1.29, 1.82) is 0 Å². The number of nitrogens with zero attached hydrogens (tertiary/aromatic N) is 4. The van der Waals surface area contributed by atoms with Crippen molar-refractivity contribution in [3.8, 4) is 11.5 Å². The number of rotatable bonds is 5. The van der Waals surface area contributed by atoms with Crippen LogP contribution in [0.2, 0.25) is 0 Å². The molecule has 0 saturated heterocycles. The fourth-order valence-corrected chi connectivity index (χ4v) is 4.02. The topological polar surface area (TPSA) is 99.8 Å². The Hall–Kier alpha value is -3.79. The molecule has 0 saturated carbocycles. The van der Waals surface area contributed by atoms with E-state index in [4.69, 9.17) is 9.47 Å². The minimum absolute atomic E-state index is 0.232. The van der Waals surface area contributed by atoms with Gasteiger partial charge in [-0.1, -0.05) is 30.0 Å². The van der Waals surface area contributed by atoms with Gasteiger partial charge >= 0.3 is 5.69 Å². The third-order valence-electron chi connectivity index (χ3n) is 4.55. The summed E-state index contributed by atoms with van der Waals surface area (Å²) in [5.41, 5.74) is 0.533. The molecule has 1 amide bonds. The van der Waals surface area contributed by atoms with Gasteiger partial charge in [0, 0.05) is 29.0 Å². The number of benzene rings is 2. The highest BCUT2D eigenvalue weighted by Crippen LogP contribution is 2.32. The summed E-state index contributed by atoms with van der Waals surface area (Å²) in [6, 6.07) is 14.8. The number of nitrogens with one attached hydrogen (secondary N) is 1. The zero-order valence-electron chi connectivity index (χ0n) is 16.2. The lowest BCUT2D eigenvalue weighted by molar-refractivity contribution is -0.117. The largest absolute Gasteiger partial charge is 0.486 e. The van der Waals surface area contributed by atoms with Crippen LogP contribution < -0.4 is 20.5 Å². The van der Waals surface area contributed by atoms with Gasteiger partial charge in [-0.2, -0.15) is 0 Å². The molecule has 2 aromatic heterocycles. The molecule has 0 radical (unpaired) electrons. The Morgan fingerprint density at radius 2 is 1.90 bits per heavy atom. The second-order valence-electron chi connectivity index (χ2n) is 6.69. The average Bonchev–Trinajstić information content (AvgIpc) is 3.11. The Morgan fingerprint density at radius 3 is 2.74 bits per heavy atom. The summed E-state index contributed by atoms with van der Waals surface area (Å²) in [6.07, 6.45) is 3.08. The SMILES string of the molecule is O=C(Cn1nc2c(Sc3ccccc3)nccn2c1=O)Nc1ccc2c(c1)OCCO2. The summed E-state index contributed by atoms with van der Waals surface area (Å²) in [6.45, 7) is 0.720. The molecule has 0 aliphatic carbocycles. The van der Waals surface area contributed by atoms with Gasteiger partial charge in [-0.15, -0.1) is 5.10 Å². The van der Waals surface area contributed by atoms with Gasteiger partial charge in [-0.05, 0) is 24.3 Å². The third kappa shape index (κ3) is 3.97. The van der Waals surface area contributed by atoms with Crippen LogP contribution in [0.3, 0.4) is 0 Å². The number of aromatic nitrogens is 4. The van der Waals surface area contributed by atoms with Crippen LogP contribution >= 0.6 is 11.8 Å². The van der Waals surface area contributed by atoms with Gasteiger partial charge in [0.2, 0.25) is 5.91 Å². The normalized spacial score (nSPS) is 12.6. The van der Waals surface area contributed by atoms with E-state index >= 15 is 0 Å². The van der Waals surface area contributed by atoms with E-state index in [2.05, 4.69) is 15.4 Å². The molecule has 0 spiro atoms. The van der Waals surface area contributed by atoms with Crippen LogP contribution in [0.5, 0.6) is 11.5 Å². The van der Waals surface area contributed by atoms with Gasteiger partial charge in [0.15, 0.2) is 17.1 Å². The Kier molecular flexibility index (Phi) is 5.04. The molecular formula is C21H17N5O4S. The Labute approximate surface area is 180 Å². The van der Waals surface area contributed by atoms with Crippen LogP contribution in [0.1, 0.15) is 0 Å². The summed E-state index contributed by atoms with van der Waals surface area (Å²) in [5.74, 6) is 0.826. The van der Waals surface area contributed by atoms with Crippen molar-refractivity contribution in [2.45, 2.75) is 16.5 Å². The number of hydrogen-bond donors (Lipinski definition) is 1. The first-order chi connectivity index (χ1) is 15.2. The second kappa shape index (κ2) is 8.15. The van der Waals surface area contributed by atoms with Crippen LogP contribution in [0.4, 0.5) is 5.69 Å². The highest BCUT2D eigenvalue weighted by Gasteiger charge is 2.16. The molecule has 10 heteroatoms. The summed E-state index contributed by atoms with van der Waals surface area (Å²) >= 11 is 1.40. The highest BCUT2D eigenvalue weighted by molar-refractivity contribution is 7.99. The lowest BCUT2D eigenvalue weighted by Crippen LogP contribution is -2.28. The molecule has 156 valence electrons. The van der Waals surface area contributed by atoms with Crippen molar-refractivity contribution >= 4 is 29.0 Å². The molecule has 1 N–H and O–H groups in total. The van der Waals surface area contributed by atoms with E-state index in [9.17, 15) is 9.59 Å². The lowest BCUT2D eigenvalue weighted by Gasteiger charge is -2.18. The predicted molar refractivity (Wildman–Crippen MR) is 114 cm³/mol. The minimum atomic E-state index is -0.412. The molecule has 1 aliphatic heterocycles. The van der Waals surface area contributed by atoms with E-state index in [1.165, 1.54) is 22.4 Å². The number of amides is 1. The molecule has 2 aromatic carbocycles. The van der Waals surface area contributed by atoms with Crippen molar-refractivity contribution in [2.24, 2.45) is 0 Å². The maximum Gasteiger partial charge on any atom is 0.350 e. The van der Waals surface area contributed by atoms with Gasteiger partial charge in [-0.3, -0.25) is 4.79 Å². The maximum absolute atomic E-state index is 12.7. The molecule has 1 aliphatic rings. The fourth-order valence-electron chi connectivity index (χ4n) is 3.16. The summed E-state index contributed by atoms with van der Waals surface area (Å²) in [4.78, 5) is 30.6. The van der Waals surface area contributed by atoms with E-state index in [0.29, 0.717) is 41.1 Å². The number of ether oxygens (including phenoxy) is 2. The van der Waals surface area contributed by atoms with Crippen molar-refractivity contribution < 1.29 is 14.3 Å². The molecule has 0 unspecified atom stereocenters. The monoisotopic (exact) mass is 435 g/mol. The number of fused-ring (bicyclic) bond motifs is 2. The molecular weight excluding hydrogens is 418 g/mol. The predicted octanol–water partition coefficient (Wildman–Crippen LogP) is 2.45. The van der Waals surface area contributed by atoms with Crippen LogP contribution in [0.15, 0.2) is 75.6 Å². The van der Waals surface area contributed by atoms with Crippen molar-refractivity contribution in [2.75, 3.05) is 18.5 Å².